The van der Waals surface area contributed by atoms with E-state index in [9.17, 15) is 14.0 Å². The normalized spacial score (nSPS) is 18.8. The topological polar surface area (TPSA) is 49.4 Å². The molecule has 5 heteroatoms. The zero-order valence-electron chi connectivity index (χ0n) is 13.0. The monoisotopic (exact) mass is 316 g/mol. The molecule has 1 aliphatic heterocycles. The van der Waals surface area contributed by atoms with E-state index in [-0.39, 0.29) is 17.6 Å². The molecule has 0 spiro atoms. The summed E-state index contributed by atoms with van der Waals surface area (Å²) in [5, 5.41) is 2.39. The number of amides is 2. The molecule has 1 saturated carbocycles. The van der Waals surface area contributed by atoms with Crippen molar-refractivity contribution in [3.8, 4) is 0 Å². The van der Waals surface area contributed by atoms with Crippen LogP contribution in [0.4, 0.5) is 10.1 Å². The second kappa shape index (κ2) is 6.94. The van der Waals surface area contributed by atoms with Gasteiger partial charge in [0.15, 0.2) is 0 Å². The van der Waals surface area contributed by atoms with Gasteiger partial charge in [-0.1, -0.05) is 25.0 Å². The van der Waals surface area contributed by atoms with Gasteiger partial charge < -0.3 is 10.2 Å². The van der Waals surface area contributed by atoms with Gasteiger partial charge in [0.05, 0.1) is 11.7 Å². The van der Waals surface area contributed by atoms with E-state index in [0.717, 1.165) is 30.7 Å². The van der Waals surface area contributed by atoms with Gasteiger partial charge in [-0.25, -0.2) is 4.39 Å². The Morgan fingerprint density at radius 1 is 1.39 bits per heavy atom. The Morgan fingerprint density at radius 2 is 2.22 bits per heavy atom. The lowest BCUT2D eigenvalue weighted by molar-refractivity contribution is -0.131. The highest BCUT2D eigenvalue weighted by Crippen LogP contribution is 2.38. The number of hydrogen-bond acceptors (Lipinski definition) is 2. The van der Waals surface area contributed by atoms with E-state index < -0.39 is 5.82 Å². The van der Waals surface area contributed by atoms with E-state index in [2.05, 4.69) is 5.32 Å². The van der Waals surface area contributed by atoms with Crippen molar-refractivity contribution >= 4 is 18.0 Å². The summed E-state index contributed by atoms with van der Waals surface area (Å²) in [5.41, 5.74) is 1.01. The zero-order valence-corrected chi connectivity index (χ0v) is 13.0. The second-order valence-corrected chi connectivity index (χ2v) is 6.26. The standard InChI is InChI=1S/C18H21FN2O2/c19-15-8-7-14(11-16(15)20-12-22)17(9-6-13-4-5-13)21-10-2-1-3-18(21)23/h2,7-8,10-13,17H,1,3-6,9H2,(H,20,22). The third-order valence-electron chi connectivity index (χ3n) is 4.55. The summed E-state index contributed by atoms with van der Waals surface area (Å²) >= 11 is 0. The van der Waals surface area contributed by atoms with Gasteiger partial charge in [-0.05, 0) is 42.9 Å². The maximum absolute atomic E-state index is 13.7. The van der Waals surface area contributed by atoms with Crippen LogP contribution in [0.15, 0.2) is 30.5 Å². The summed E-state index contributed by atoms with van der Waals surface area (Å²) < 4.78 is 13.7. The van der Waals surface area contributed by atoms with Gasteiger partial charge in [-0.3, -0.25) is 9.59 Å². The molecule has 23 heavy (non-hydrogen) atoms. The van der Waals surface area contributed by atoms with Crippen molar-refractivity contribution in [2.24, 2.45) is 5.92 Å². The number of carbonyl (C=O) groups is 2. The predicted molar refractivity (Wildman–Crippen MR) is 86.0 cm³/mol. The lowest BCUT2D eigenvalue weighted by atomic mass is 9.97. The molecule has 0 bridgehead atoms. The quantitative estimate of drug-likeness (QED) is 0.779. The molecule has 0 saturated heterocycles. The van der Waals surface area contributed by atoms with Crippen LogP contribution in [0.1, 0.15) is 50.1 Å². The number of halogens is 1. The number of benzene rings is 1. The Balaban J connectivity index is 1.88. The third kappa shape index (κ3) is 3.78. The molecule has 0 aromatic heterocycles. The molecule has 0 radical (unpaired) electrons. The summed E-state index contributed by atoms with van der Waals surface area (Å²) in [6, 6.07) is 4.59. The first-order valence-corrected chi connectivity index (χ1v) is 8.16. The van der Waals surface area contributed by atoms with Gasteiger partial charge in [-0.15, -0.1) is 0 Å². The van der Waals surface area contributed by atoms with Crippen LogP contribution in [-0.4, -0.2) is 17.2 Å². The molecule has 1 aromatic carbocycles. The van der Waals surface area contributed by atoms with Gasteiger partial charge in [0.1, 0.15) is 5.82 Å². The average Bonchev–Trinajstić information content (AvgIpc) is 3.36. The van der Waals surface area contributed by atoms with Crippen molar-refractivity contribution < 1.29 is 14.0 Å². The number of allylic oxidation sites excluding steroid dienone is 1. The van der Waals surface area contributed by atoms with Crippen molar-refractivity contribution in [1.82, 2.24) is 4.90 Å². The molecular formula is C18H21FN2O2. The summed E-state index contributed by atoms with van der Waals surface area (Å²) in [7, 11) is 0. The van der Waals surface area contributed by atoms with E-state index >= 15 is 0 Å². The van der Waals surface area contributed by atoms with Gasteiger partial charge in [-0.2, -0.15) is 0 Å². The highest BCUT2D eigenvalue weighted by molar-refractivity contribution is 5.79. The minimum Gasteiger partial charge on any atom is -0.326 e. The zero-order chi connectivity index (χ0) is 16.2. The molecule has 1 fully saturated rings. The smallest absolute Gasteiger partial charge is 0.227 e. The molecule has 1 heterocycles. The maximum atomic E-state index is 13.7. The molecule has 122 valence electrons. The predicted octanol–water partition coefficient (Wildman–Crippen LogP) is 3.76. The fraction of sp³-hybridized carbons (Fsp3) is 0.444. The van der Waals surface area contributed by atoms with Gasteiger partial charge in [0, 0.05) is 12.6 Å². The summed E-state index contributed by atoms with van der Waals surface area (Å²) in [6.45, 7) is 0. The minimum atomic E-state index is -0.470. The van der Waals surface area contributed by atoms with E-state index in [0.29, 0.717) is 12.8 Å². The molecule has 1 atom stereocenters. The number of hydrogen-bond donors (Lipinski definition) is 1. The van der Waals surface area contributed by atoms with Crippen LogP contribution in [0.2, 0.25) is 0 Å². The summed E-state index contributed by atoms with van der Waals surface area (Å²) in [4.78, 5) is 24.7. The molecule has 3 rings (SSSR count). The highest BCUT2D eigenvalue weighted by Gasteiger charge is 2.29. The number of anilines is 1. The lowest BCUT2D eigenvalue weighted by Crippen LogP contribution is -2.32. The van der Waals surface area contributed by atoms with Crippen molar-refractivity contribution in [3.63, 3.8) is 0 Å². The van der Waals surface area contributed by atoms with Crippen LogP contribution < -0.4 is 5.32 Å². The van der Waals surface area contributed by atoms with Crippen molar-refractivity contribution in [3.05, 3.63) is 41.9 Å². The first-order chi connectivity index (χ1) is 11.2. The van der Waals surface area contributed by atoms with Crippen LogP contribution in [0, 0.1) is 11.7 Å². The van der Waals surface area contributed by atoms with E-state index in [1.807, 2.05) is 12.3 Å². The molecule has 1 aromatic rings. The van der Waals surface area contributed by atoms with Crippen LogP contribution in [0.5, 0.6) is 0 Å². The molecule has 2 amide bonds. The fourth-order valence-electron chi connectivity index (χ4n) is 3.08. The number of nitrogens with zero attached hydrogens (tertiary/aromatic N) is 1. The molecule has 1 aliphatic carbocycles. The van der Waals surface area contributed by atoms with E-state index in [1.165, 1.54) is 18.9 Å². The summed E-state index contributed by atoms with van der Waals surface area (Å²) in [6.07, 6.45) is 10.0. The molecular weight excluding hydrogens is 295 g/mol. The first-order valence-electron chi connectivity index (χ1n) is 8.16. The Labute approximate surface area is 135 Å². The molecule has 4 nitrogen and oxygen atoms in total. The molecule has 1 unspecified atom stereocenters. The third-order valence-corrected chi connectivity index (χ3v) is 4.55. The molecule has 1 N–H and O–H groups in total. The van der Waals surface area contributed by atoms with Crippen LogP contribution in [-0.2, 0) is 9.59 Å². The second-order valence-electron chi connectivity index (χ2n) is 6.26. The number of rotatable bonds is 7. The van der Waals surface area contributed by atoms with E-state index in [4.69, 9.17) is 0 Å². The Kier molecular flexibility index (Phi) is 4.74. The van der Waals surface area contributed by atoms with Crippen molar-refractivity contribution in [2.45, 2.75) is 44.6 Å². The van der Waals surface area contributed by atoms with Gasteiger partial charge in [0.25, 0.3) is 0 Å². The minimum absolute atomic E-state index is 0.0996. The van der Waals surface area contributed by atoms with Crippen LogP contribution in [0.25, 0.3) is 0 Å². The summed E-state index contributed by atoms with van der Waals surface area (Å²) in [5.74, 6) is 0.388. The van der Waals surface area contributed by atoms with Crippen LogP contribution >= 0.6 is 0 Å². The fourth-order valence-corrected chi connectivity index (χ4v) is 3.08. The highest BCUT2D eigenvalue weighted by atomic mass is 19.1. The van der Waals surface area contributed by atoms with Crippen molar-refractivity contribution in [2.75, 3.05) is 5.32 Å². The lowest BCUT2D eigenvalue weighted by Gasteiger charge is -2.31. The maximum Gasteiger partial charge on any atom is 0.227 e. The Morgan fingerprint density at radius 3 is 2.91 bits per heavy atom. The van der Waals surface area contributed by atoms with Gasteiger partial charge >= 0.3 is 0 Å². The number of carbonyl (C=O) groups excluding carboxylic acids is 2. The first kappa shape index (κ1) is 15.7. The van der Waals surface area contributed by atoms with E-state index in [1.54, 1.807) is 17.0 Å². The van der Waals surface area contributed by atoms with Crippen molar-refractivity contribution in [1.29, 1.82) is 0 Å². The number of nitrogens with one attached hydrogen (secondary N) is 1. The largest absolute Gasteiger partial charge is 0.326 e. The molecule has 2 aliphatic rings. The average molecular weight is 316 g/mol. The van der Waals surface area contributed by atoms with Gasteiger partial charge in [0.2, 0.25) is 12.3 Å². The Hall–Kier alpha value is -2.17. The van der Waals surface area contributed by atoms with Crippen LogP contribution in [0.3, 0.4) is 0 Å². The Bertz CT molecular complexity index is 625. The SMILES string of the molecule is O=CNc1cc(C(CCC2CC2)N2C=CCCC2=O)ccc1F.